The Morgan fingerprint density at radius 3 is 2.80 bits per heavy atom. The quantitative estimate of drug-likeness (QED) is 0.594. The largest absolute Gasteiger partial charge is 0.811 e. The standard InChI is InChI=1S/C9H13N4O5PS/c14-9-7-8(10-5-11-9)13(6-12-7)1-3-20(18)4-2-19(15,16)17/h5-6H,1-4H2,(H,10,11,14)(H2,15,16,17)/p-2. The van der Waals surface area contributed by atoms with Crippen LogP contribution in [0.4, 0.5) is 0 Å². The molecule has 0 aromatic carbocycles. The molecule has 0 spiro atoms. The van der Waals surface area contributed by atoms with Gasteiger partial charge in [-0.3, -0.25) is 9.00 Å². The second-order valence-corrected chi connectivity index (χ2v) is 7.39. The fourth-order valence-electron chi connectivity index (χ4n) is 1.57. The maximum Gasteiger partial charge on any atom is 0.278 e. The van der Waals surface area contributed by atoms with E-state index in [0.717, 1.165) is 0 Å². The van der Waals surface area contributed by atoms with Crippen LogP contribution in [0.1, 0.15) is 0 Å². The van der Waals surface area contributed by atoms with Crippen molar-refractivity contribution in [1.82, 2.24) is 19.5 Å². The lowest BCUT2D eigenvalue weighted by atomic mass is 10.5. The molecule has 9 nitrogen and oxygen atoms in total. The summed E-state index contributed by atoms with van der Waals surface area (Å²) < 4.78 is 23.6. The summed E-state index contributed by atoms with van der Waals surface area (Å²) in [5, 5.41) is 0. The smallest absolute Gasteiger partial charge is 0.278 e. The van der Waals surface area contributed by atoms with E-state index in [4.69, 9.17) is 0 Å². The zero-order valence-electron chi connectivity index (χ0n) is 10.2. The number of nitrogens with one attached hydrogen (secondary N) is 1. The minimum Gasteiger partial charge on any atom is -0.811 e. The topological polar surface area (TPSA) is 144 Å². The van der Waals surface area contributed by atoms with Crippen molar-refractivity contribution in [3.63, 3.8) is 0 Å². The van der Waals surface area contributed by atoms with E-state index in [-0.39, 0.29) is 29.1 Å². The maximum atomic E-state index is 11.6. The van der Waals surface area contributed by atoms with Crippen LogP contribution in [0.5, 0.6) is 0 Å². The number of aromatic nitrogens is 4. The first-order chi connectivity index (χ1) is 9.37. The fraction of sp³-hybridized carbons (Fsp3) is 0.444. The second-order valence-electron chi connectivity index (χ2n) is 4.02. The van der Waals surface area contributed by atoms with Gasteiger partial charge in [0, 0.05) is 28.9 Å². The summed E-state index contributed by atoms with van der Waals surface area (Å²) in [6.07, 6.45) is 2.02. The molecule has 11 heteroatoms. The highest BCUT2D eigenvalue weighted by Crippen LogP contribution is 2.21. The van der Waals surface area contributed by atoms with Gasteiger partial charge in [0.2, 0.25) is 0 Å². The van der Waals surface area contributed by atoms with Crippen LogP contribution in [0.3, 0.4) is 0 Å². The number of aryl methyl sites for hydroxylation is 1. The molecule has 0 amide bonds. The highest BCUT2D eigenvalue weighted by molar-refractivity contribution is 7.85. The van der Waals surface area contributed by atoms with Crippen LogP contribution in [0.25, 0.3) is 11.2 Å². The molecule has 1 unspecified atom stereocenters. The summed E-state index contributed by atoms with van der Waals surface area (Å²) in [5.74, 6) is -0.0368. The second kappa shape index (κ2) is 5.96. The van der Waals surface area contributed by atoms with Gasteiger partial charge in [0.25, 0.3) is 5.56 Å². The summed E-state index contributed by atoms with van der Waals surface area (Å²) in [6.45, 7) is 0.265. The number of rotatable bonds is 6. The van der Waals surface area contributed by atoms with Crippen molar-refractivity contribution in [2.75, 3.05) is 17.7 Å². The van der Waals surface area contributed by atoms with Crippen LogP contribution in [0.15, 0.2) is 17.4 Å². The predicted molar refractivity (Wildman–Crippen MR) is 68.5 cm³/mol. The minimum atomic E-state index is -4.62. The van der Waals surface area contributed by atoms with E-state index in [1.54, 1.807) is 4.57 Å². The normalized spacial score (nSPS) is 13.7. The van der Waals surface area contributed by atoms with Crippen LogP contribution in [-0.2, 0) is 21.9 Å². The van der Waals surface area contributed by atoms with Gasteiger partial charge in [-0.2, -0.15) is 0 Å². The van der Waals surface area contributed by atoms with Crippen LogP contribution in [-0.4, -0.2) is 41.4 Å². The molecule has 0 saturated carbocycles. The van der Waals surface area contributed by atoms with Gasteiger partial charge in [-0.25, -0.2) is 9.97 Å². The SMILES string of the molecule is O=c1[nH]cnc2c1ncn2CCS(=O)CCP(=O)([O-])[O-]. The van der Waals surface area contributed by atoms with Gasteiger partial charge >= 0.3 is 0 Å². The summed E-state index contributed by atoms with van der Waals surface area (Å²) in [5.41, 5.74) is 0.180. The summed E-state index contributed by atoms with van der Waals surface area (Å²) in [6, 6.07) is 0. The number of imidazole rings is 1. The Bertz CT molecular complexity index is 735. The van der Waals surface area contributed by atoms with Crippen molar-refractivity contribution in [1.29, 1.82) is 0 Å². The van der Waals surface area contributed by atoms with Crippen LogP contribution in [0, 0.1) is 0 Å². The Morgan fingerprint density at radius 1 is 1.35 bits per heavy atom. The Kier molecular flexibility index (Phi) is 4.48. The zero-order valence-corrected chi connectivity index (χ0v) is 11.9. The number of hydrogen-bond donors (Lipinski definition) is 1. The molecule has 1 N–H and O–H groups in total. The van der Waals surface area contributed by atoms with Crippen LogP contribution in [0.2, 0.25) is 0 Å². The molecule has 2 heterocycles. The molecule has 2 aromatic rings. The maximum absolute atomic E-state index is 11.6. The fourth-order valence-corrected chi connectivity index (χ4v) is 3.88. The lowest BCUT2D eigenvalue weighted by Crippen LogP contribution is -2.21. The Labute approximate surface area is 115 Å². The summed E-state index contributed by atoms with van der Waals surface area (Å²) in [7, 11) is -6.05. The van der Waals surface area contributed by atoms with Gasteiger partial charge in [0.15, 0.2) is 11.2 Å². The molecular formula is C9H11N4O5PS-2. The van der Waals surface area contributed by atoms with Gasteiger partial charge in [0.1, 0.15) is 0 Å². The number of nitrogens with zero attached hydrogens (tertiary/aromatic N) is 3. The van der Waals surface area contributed by atoms with Crippen molar-refractivity contribution in [3.8, 4) is 0 Å². The molecule has 20 heavy (non-hydrogen) atoms. The molecule has 2 rings (SSSR count). The molecule has 0 aliphatic rings. The highest BCUT2D eigenvalue weighted by atomic mass is 32.2. The van der Waals surface area contributed by atoms with Gasteiger partial charge < -0.3 is 23.9 Å². The van der Waals surface area contributed by atoms with Crippen molar-refractivity contribution in [2.45, 2.75) is 6.54 Å². The Hall–Kier alpha value is -1.35. The lowest BCUT2D eigenvalue weighted by molar-refractivity contribution is -0.313. The lowest BCUT2D eigenvalue weighted by Gasteiger charge is -2.28. The number of hydrogen-bond acceptors (Lipinski definition) is 7. The third-order valence-corrected chi connectivity index (χ3v) is 4.93. The summed E-state index contributed by atoms with van der Waals surface area (Å²) >= 11 is 0. The first-order valence-electron chi connectivity index (χ1n) is 5.61. The first kappa shape index (κ1) is 15.0. The summed E-state index contributed by atoms with van der Waals surface area (Å²) in [4.78, 5) is 42.6. The van der Waals surface area contributed by atoms with E-state index in [1.807, 2.05) is 0 Å². The van der Waals surface area contributed by atoms with E-state index in [0.29, 0.717) is 5.65 Å². The molecule has 0 radical (unpaired) electrons. The first-order valence-corrected chi connectivity index (χ1v) is 8.83. The molecule has 1 atom stereocenters. The zero-order chi connectivity index (χ0) is 14.8. The van der Waals surface area contributed by atoms with E-state index in [2.05, 4.69) is 15.0 Å². The third kappa shape index (κ3) is 3.83. The minimum absolute atomic E-state index is 0.153. The van der Waals surface area contributed by atoms with Crippen molar-refractivity contribution in [2.24, 2.45) is 0 Å². The Morgan fingerprint density at radius 2 is 2.10 bits per heavy atom. The third-order valence-electron chi connectivity index (χ3n) is 2.56. The highest BCUT2D eigenvalue weighted by Gasteiger charge is 2.08. The number of fused-ring (bicyclic) bond motifs is 1. The van der Waals surface area contributed by atoms with Gasteiger partial charge in [-0.05, 0) is 6.16 Å². The van der Waals surface area contributed by atoms with Crippen LogP contribution < -0.4 is 15.3 Å². The molecule has 2 aromatic heterocycles. The molecule has 0 fully saturated rings. The Balaban J connectivity index is 2.00. The monoisotopic (exact) mass is 318 g/mol. The average Bonchev–Trinajstić information content (AvgIpc) is 2.78. The molecule has 0 aliphatic heterocycles. The van der Waals surface area contributed by atoms with Gasteiger partial charge in [-0.15, -0.1) is 0 Å². The van der Waals surface area contributed by atoms with Gasteiger partial charge in [-0.1, -0.05) is 7.60 Å². The molecule has 0 saturated heterocycles. The average molecular weight is 318 g/mol. The van der Waals surface area contributed by atoms with Crippen molar-refractivity contribution >= 4 is 29.6 Å². The van der Waals surface area contributed by atoms with E-state index in [1.165, 1.54) is 12.7 Å². The van der Waals surface area contributed by atoms with Crippen molar-refractivity contribution < 1.29 is 18.6 Å². The molecule has 0 aliphatic carbocycles. The van der Waals surface area contributed by atoms with Gasteiger partial charge in [0.05, 0.1) is 12.7 Å². The predicted octanol–water partition coefficient (Wildman–Crippen LogP) is -2.22. The molecule has 0 bridgehead atoms. The number of H-pyrrole nitrogens is 1. The van der Waals surface area contributed by atoms with E-state index in [9.17, 15) is 23.4 Å². The van der Waals surface area contributed by atoms with Crippen LogP contribution >= 0.6 is 7.60 Å². The van der Waals surface area contributed by atoms with E-state index >= 15 is 0 Å². The number of aromatic amines is 1. The molecule has 110 valence electrons. The van der Waals surface area contributed by atoms with Crippen molar-refractivity contribution in [3.05, 3.63) is 23.0 Å². The molecular weight excluding hydrogens is 307 g/mol. The van der Waals surface area contributed by atoms with E-state index < -0.39 is 24.6 Å².